The molecule has 1 saturated heterocycles. The van der Waals surface area contributed by atoms with E-state index < -0.39 is 0 Å². The Morgan fingerprint density at radius 2 is 1.89 bits per heavy atom. The predicted octanol–water partition coefficient (Wildman–Crippen LogP) is 4.72. The van der Waals surface area contributed by atoms with E-state index in [2.05, 4.69) is 42.2 Å². The van der Waals surface area contributed by atoms with Crippen LogP contribution in [0.15, 0.2) is 54.6 Å². The Kier molecular flexibility index (Phi) is 5.40. The van der Waals surface area contributed by atoms with Crippen LogP contribution in [0.2, 0.25) is 0 Å². The number of nitrogens with zero attached hydrogens (tertiary/aromatic N) is 2. The van der Waals surface area contributed by atoms with Crippen molar-refractivity contribution in [2.24, 2.45) is 0 Å². The standard InChI is InChI=1S/C24H26N2O2/c1-17-4-3-14-26(17)15-13-22-11-9-21-16-20(10-12-23(21)25-22)18-5-7-19(8-6-18)24(27)28-2/h5-12,16-17H,3-4,13-15H2,1-2H3. The number of ether oxygens (including phenoxy) is 1. The van der Waals surface area contributed by atoms with Crippen LogP contribution in [0.3, 0.4) is 0 Å². The number of esters is 1. The van der Waals surface area contributed by atoms with Gasteiger partial charge in [0, 0.05) is 30.1 Å². The van der Waals surface area contributed by atoms with E-state index in [1.807, 2.05) is 12.1 Å². The van der Waals surface area contributed by atoms with Crippen molar-refractivity contribution in [1.29, 1.82) is 0 Å². The monoisotopic (exact) mass is 374 g/mol. The van der Waals surface area contributed by atoms with Crippen molar-refractivity contribution in [1.82, 2.24) is 9.88 Å². The van der Waals surface area contributed by atoms with Crippen LogP contribution < -0.4 is 0 Å². The summed E-state index contributed by atoms with van der Waals surface area (Å²) in [4.78, 5) is 19.0. The van der Waals surface area contributed by atoms with Crippen molar-refractivity contribution in [2.45, 2.75) is 32.2 Å². The molecule has 2 aromatic carbocycles. The summed E-state index contributed by atoms with van der Waals surface area (Å²) in [5.41, 5.74) is 4.93. The molecule has 0 radical (unpaired) electrons. The van der Waals surface area contributed by atoms with Gasteiger partial charge in [0.1, 0.15) is 0 Å². The summed E-state index contributed by atoms with van der Waals surface area (Å²) < 4.78 is 4.76. The molecule has 0 spiro atoms. The van der Waals surface area contributed by atoms with Gasteiger partial charge in [0.15, 0.2) is 0 Å². The number of aromatic nitrogens is 1. The second-order valence-electron chi connectivity index (χ2n) is 7.56. The Morgan fingerprint density at radius 1 is 1.11 bits per heavy atom. The Balaban J connectivity index is 1.50. The molecule has 0 N–H and O–H groups in total. The Labute approximate surface area is 166 Å². The fourth-order valence-corrected chi connectivity index (χ4v) is 3.99. The molecule has 144 valence electrons. The van der Waals surface area contributed by atoms with Crippen molar-refractivity contribution < 1.29 is 9.53 Å². The van der Waals surface area contributed by atoms with Gasteiger partial charge >= 0.3 is 5.97 Å². The first-order valence-corrected chi connectivity index (χ1v) is 9.96. The van der Waals surface area contributed by atoms with Crippen LogP contribution in [0.4, 0.5) is 0 Å². The number of carbonyl (C=O) groups excluding carboxylic acids is 1. The zero-order chi connectivity index (χ0) is 19.5. The van der Waals surface area contributed by atoms with Crippen molar-refractivity contribution in [2.75, 3.05) is 20.2 Å². The first kappa shape index (κ1) is 18.6. The lowest BCUT2D eigenvalue weighted by Crippen LogP contribution is -2.29. The van der Waals surface area contributed by atoms with Gasteiger partial charge in [0.2, 0.25) is 0 Å². The van der Waals surface area contributed by atoms with Crippen molar-refractivity contribution >= 4 is 16.9 Å². The molecule has 1 aliphatic heterocycles. The molecule has 4 nitrogen and oxygen atoms in total. The third kappa shape index (κ3) is 3.92. The maximum atomic E-state index is 11.6. The first-order valence-electron chi connectivity index (χ1n) is 9.96. The van der Waals surface area contributed by atoms with Crippen LogP contribution in [-0.2, 0) is 11.2 Å². The van der Waals surface area contributed by atoms with E-state index in [1.165, 1.54) is 26.5 Å². The molecule has 1 aliphatic rings. The van der Waals surface area contributed by atoms with Crippen LogP contribution in [0.25, 0.3) is 22.0 Å². The van der Waals surface area contributed by atoms with Crippen LogP contribution in [0, 0.1) is 0 Å². The zero-order valence-electron chi connectivity index (χ0n) is 16.5. The van der Waals surface area contributed by atoms with Gasteiger partial charge in [-0.2, -0.15) is 0 Å². The van der Waals surface area contributed by atoms with Crippen LogP contribution in [0.1, 0.15) is 35.8 Å². The van der Waals surface area contributed by atoms with Crippen LogP contribution in [-0.4, -0.2) is 42.1 Å². The molecule has 1 atom stereocenters. The van der Waals surface area contributed by atoms with E-state index in [0.29, 0.717) is 11.6 Å². The molecule has 0 saturated carbocycles. The Morgan fingerprint density at radius 3 is 2.61 bits per heavy atom. The van der Waals surface area contributed by atoms with E-state index >= 15 is 0 Å². The Bertz CT molecular complexity index is 982. The molecule has 4 heteroatoms. The number of fused-ring (bicyclic) bond motifs is 1. The minimum Gasteiger partial charge on any atom is -0.465 e. The van der Waals surface area contributed by atoms with Gasteiger partial charge in [0.05, 0.1) is 18.2 Å². The molecular formula is C24H26N2O2. The number of pyridine rings is 1. The van der Waals surface area contributed by atoms with Crippen molar-refractivity contribution in [3.8, 4) is 11.1 Å². The highest BCUT2D eigenvalue weighted by Gasteiger charge is 2.19. The molecule has 0 amide bonds. The average Bonchev–Trinajstić information content (AvgIpc) is 3.16. The lowest BCUT2D eigenvalue weighted by Gasteiger charge is -2.20. The van der Waals surface area contributed by atoms with Crippen molar-refractivity contribution in [3.63, 3.8) is 0 Å². The van der Waals surface area contributed by atoms with Gasteiger partial charge in [0.25, 0.3) is 0 Å². The summed E-state index contributed by atoms with van der Waals surface area (Å²) in [5.74, 6) is -0.315. The minimum absolute atomic E-state index is 0.315. The van der Waals surface area contributed by atoms with Crippen LogP contribution >= 0.6 is 0 Å². The van der Waals surface area contributed by atoms with E-state index in [1.54, 1.807) is 12.1 Å². The molecule has 1 fully saturated rings. The number of methoxy groups -OCH3 is 1. The number of carbonyl (C=O) groups is 1. The van der Waals surface area contributed by atoms with Gasteiger partial charge < -0.3 is 9.64 Å². The van der Waals surface area contributed by atoms with E-state index in [0.717, 1.165) is 40.7 Å². The lowest BCUT2D eigenvalue weighted by atomic mass is 10.0. The molecule has 0 bridgehead atoms. The molecule has 2 heterocycles. The summed E-state index contributed by atoms with van der Waals surface area (Å²) in [7, 11) is 1.40. The molecular weight excluding hydrogens is 348 g/mol. The first-order chi connectivity index (χ1) is 13.6. The van der Waals surface area contributed by atoms with Gasteiger partial charge in [-0.3, -0.25) is 4.98 Å². The van der Waals surface area contributed by atoms with E-state index in [-0.39, 0.29) is 5.97 Å². The molecule has 28 heavy (non-hydrogen) atoms. The summed E-state index contributed by atoms with van der Waals surface area (Å²) in [6, 6.07) is 18.8. The molecule has 3 aromatic rings. The van der Waals surface area contributed by atoms with Gasteiger partial charge in [-0.1, -0.05) is 24.3 Å². The maximum absolute atomic E-state index is 11.6. The lowest BCUT2D eigenvalue weighted by molar-refractivity contribution is 0.0601. The van der Waals surface area contributed by atoms with Crippen LogP contribution in [0.5, 0.6) is 0 Å². The average molecular weight is 374 g/mol. The van der Waals surface area contributed by atoms with E-state index in [4.69, 9.17) is 9.72 Å². The Hall–Kier alpha value is -2.72. The fraction of sp³-hybridized carbons (Fsp3) is 0.333. The van der Waals surface area contributed by atoms with Crippen molar-refractivity contribution in [3.05, 3.63) is 65.9 Å². The number of likely N-dealkylation sites (tertiary alicyclic amines) is 1. The highest BCUT2D eigenvalue weighted by atomic mass is 16.5. The minimum atomic E-state index is -0.315. The number of hydrogen-bond acceptors (Lipinski definition) is 4. The molecule has 1 unspecified atom stereocenters. The number of benzene rings is 2. The molecule has 1 aromatic heterocycles. The topological polar surface area (TPSA) is 42.4 Å². The fourth-order valence-electron chi connectivity index (χ4n) is 3.99. The molecule has 4 rings (SSSR count). The normalized spacial score (nSPS) is 17.1. The number of rotatable bonds is 5. The predicted molar refractivity (Wildman–Crippen MR) is 112 cm³/mol. The summed E-state index contributed by atoms with van der Waals surface area (Å²) in [6.07, 6.45) is 3.63. The second-order valence-corrected chi connectivity index (χ2v) is 7.56. The zero-order valence-corrected chi connectivity index (χ0v) is 16.5. The summed E-state index contributed by atoms with van der Waals surface area (Å²) in [6.45, 7) is 4.62. The van der Waals surface area contributed by atoms with E-state index in [9.17, 15) is 4.79 Å². The van der Waals surface area contributed by atoms with Gasteiger partial charge in [-0.05, 0) is 67.8 Å². The second kappa shape index (κ2) is 8.11. The molecule has 0 aliphatic carbocycles. The SMILES string of the molecule is COC(=O)c1ccc(-c2ccc3nc(CCN4CCCC4C)ccc3c2)cc1. The van der Waals surface area contributed by atoms with Gasteiger partial charge in [-0.15, -0.1) is 0 Å². The number of hydrogen-bond donors (Lipinski definition) is 0. The summed E-state index contributed by atoms with van der Waals surface area (Å²) in [5, 5.41) is 1.13. The highest BCUT2D eigenvalue weighted by Crippen LogP contribution is 2.25. The smallest absolute Gasteiger partial charge is 0.337 e. The van der Waals surface area contributed by atoms with Gasteiger partial charge in [-0.25, -0.2) is 4.79 Å². The largest absolute Gasteiger partial charge is 0.465 e. The third-order valence-electron chi connectivity index (χ3n) is 5.73. The third-order valence-corrected chi connectivity index (χ3v) is 5.73. The maximum Gasteiger partial charge on any atom is 0.337 e. The highest BCUT2D eigenvalue weighted by molar-refractivity contribution is 5.90. The summed E-state index contributed by atoms with van der Waals surface area (Å²) >= 11 is 0. The quantitative estimate of drug-likeness (QED) is 0.606.